The molecule has 120 valence electrons. The number of rotatable bonds is 11. The minimum atomic E-state index is -4.41. The summed E-state index contributed by atoms with van der Waals surface area (Å²) >= 11 is 0. The van der Waals surface area contributed by atoms with Crippen molar-refractivity contribution >= 4 is 10.1 Å². The predicted molar refractivity (Wildman–Crippen MR) is 79.0 cm³/mol. The van der Waals surface area contributed by atoms with Gasteiger partial charge in [0.15, 0.2) is 5.75 Å². The zero-order valence-electron chi connectivity index (χ0n) is 13.4. The Morgan fingerprint density at radius 1 is 0.955 bits per heavy atom. The molecular weight excluding hydrogens is 315 g/mol. The Hall–Kier alpha value is -0.110. The van der Waals surface area contributed by atoms with Crippen molar-refractivity contribution in [2.24, 2.45) is 0 Å². The van der Waals surface area contributed by atoms with E-state index in [1.165, 1.54) is 56.4 Å². The van der Waals surface area contributed by atoms with Gasteiger partial charge in [-0.05, 0) is 30.7 Å². The normalized spacial score (nSPS) is 11.0. The van der Waals surface area contributed by atoms with Crippen LogP contribution in [0.25, 0.3) is 0 Å². The van der Waals surface area contributed by atoms with E-state index in [2.05, 4.69) is 6.92 Å². The summed E-state index contributed by atoms with van der Waals surface area (Å²) in [5, 5.41) is 0. The van der Waals surface area contributed by atoms with Gasteiger partial charge in [0.25, 0.3) is 0 Å². The molecule has 0 saturated heterocycles. The van der Waals surface area contributed by atoms with Gasteiger partial charge in [-0.25, -0.2) is 8.42 Å². The first-order valence-electron chi connectivity index (χ1n) is 7.39. The van der Waals surface area contributed by atoms with E-state index in [0.29, 0.717) is 12.4 Å². The maximum Gasteiger partial charge on any atom is 1.00 e. The molecule has 0 spiro atoms. The van der Waals surface area contributed by atoms with Gasteiger partial charge in [-0.2, -0.15) is 4.89 Å². The Bertz CT molecular complexity index is 487. The van der Waals surface area contributed by atoms with Crippen molar-refractivity contribution in [2.75, 3.05) is 6.61 Å². The van der Waals surface area contributed by atoms with Gasteiger partial charge in [-0.15, -0.1) is 0 Å². The molecule has 0 fully saturated rings. The first-order valence-corrected chi connectivity index (χ1v) is 8.80. The van der Waals surface area contributed by atoms with Crippen molar-refractivity contribution in [3.05, 3.63) is 24.3 Å². The molecule has 0 bridgehead atoms. The molecule has 0 aliphatic rings. The average molecular weight is 338 g/mol. The van der Waals surface area contributed by atoms with Crippen molar-refractivity contribution in [1.29, 1.82) is 0 Å². The van der Waals surface area contributed by atoms with Crippen LogP contribution in [-0.2, 0) is 15.0 Å². The second-order valence-electron chi connectivity index (χ2n) is 4.95. The topological polar surface area (TPSA) is 75.7 Å². The molecule has 0 aliphatic carbocycles. The molecule has 0 aliphatic heterocycles. The molecule has 0 heterocycles. The van der Waals surface area contributed by atoms with Crippen LogP contribution in [0.5, 0.6) is 5.75 Å². The fourth-order valence-corrected chi connectivity index (χ4v) is 2.36. The minimum Gasteiger partial charge on any atom is -0.744 e. The van der Waals surface area contributed by atoms with Crippen LogP contribution in [0.3, 0.4) is 0 Å². The van der Waals surface area contributed by atoms with E-state index in [1.54, 1.807) is 0 Å². The Labute approximate surface area is 155 Å². The molecule has 0 N–H and O–H groups in total. The smallest absolute Gasteiger partial charge is 0.744 e. The maximum absolute atomic E-state index is 10.7. The summed E-state index contributed by atoms with van der Waals surface area (Å²) in [6, 6.07) is 5.20. The molecule has 0 aromatic heterocycles. The third-order valence-electron chi connectivity index (χ3n) is 3.10. The van der Waals surface area contributed by atoms with Crippen molar-refractivity contribution in [1.82, 2.24) is 0 Å². The molecule has 1 aromatic rings. The average Bonchev–Trinajstić information content (AvgIpc) is 2.45. The summed E-state index contributed by atoms with van der Waals surface area (Å²) in [7, 11) is -4.41. The molecule has 0 saturated carbocycles. The second kappa shape index (κ2) is 12.3. The number of unbranched alkanes of at least 4 members (excludes halogenated alkanes) is 6. The summed E-state index contributed by atoms with van der Waals surface area (Å²) in [6.45, 7) is 2.69. The Kier molecular flexibility index (Phi) is 12.3. The van der Waals surface area contributed by atoms with E-state index < -0.39 is 10.1 Å². The number of benzene rings is 1. The van der Waals surface area contributed by atoms with E-state index in [0.717, 1.165) is 12.8 Å². The Morgan fingerprint density at radius 3 is 2.05 bits per heavy atom. The summed E-state index contributed by atoms with van der Waals surface area (Å²) in [4.78, 5) is 9.79. The summed E-state index contributed by atoms with van der Waals surface area (Å²) in [5.74, 6) is 0.380. The van der Waals surface area contributed by atoms with Gasteiger partial charge >= 0.3 is 29.6 Å². The fourth-order valence-electron chi connectivity index (χ4n) is 1.89. The van der Waals surface area contributed by atoms with Gasteiger partial charge < -0.3 is 9.44 Å². The van der Waals surface area contributed by atoms with Crippen molar-refractivity contribution in [3.8, 4) is 5.75 Å². The van der Waals surface area contributed by atoms with E-state index in [4.69, 9.17) is 9.78 Å². The van der Waals surface area contributed by atoms with Gasteiger partial charge in [0.1, 0.15) is 10.1 Å². The Balaban J connectivity index is 0.00000441. The van der Waals surface area contributed by atoms with Crippen LogP contribution >= 0.6 is 0 Å². The number of hydrogen-bond donors (Lipinski definition) is 0. The molecule has 0 atom stereocenters. The van der Waals surface area contributed by atoms with Crippen LogP contribution in [0.4, 0.5) is 0 Å². The molecule has 22 heavy (non-hydrogen) atoms. The summed E-state index contributed by atoms with van der Waals surface area (Å²) in [5.41, 5.74) is 0. The zero-order valence-corrected chi connectivity index (χ0v) is 16.2. The fraction of sp³-hybridized carbons (Fsp3) is 0.600. The molecule has 1 aromatic carbocycles. The number of hydrogen-bond acceptors (Lipinski definition) is 5. The van der Waals surface area contributed by atoms with Crippen LogP contribution in [-0.4, -0.2) is 19.6 Å². The maximum atomic E-state index is 10.7. The first kappa shape index (κ1) is 21.9. The van der Waals surface area contributed by atoms with E-state index >= 15 is 0 Å². The summed E-state index contributed by atoms with van der Waals surface area (Å²) < 4.78 is 32.2. The molecular formula is C15H23NaO5S. The molecule has 5 nitrogen and oxygen atoms in total. The van der Waals surface area contributed by atoms with Gasteiger partial charge in [0, 0.05) is 0 Å². The second-order valence-corrected chi connectivity index (χ2v) is 6.33. The quantitative estimate of drug-likeness (QED) is 0.195. The van der Waals surface area contributed by atoms with Crippen molar-refractivity contribution < 1.29 is 52.3 Å². The monoisotopic (exact) mass is 338 g/mol. The van der Waals surface area contributed by atoms with E-state index in [1.807, 2.05) is 0 Å². The van der Waals surface area contributed by atoms with Crippen LogP contribution < -0.4 is 34.4 Å². The minimum absolute atomic E-state index is 0. The molecule has 0 amide bonds. The predicted octanol–water partition coefficient (Wildman–Crippen LogP) is 0.656. The van der Waals surface area contributed by atoms with E-state index in [-0.39, 0.29) is 34.5 Å². The van der Waals surface area contributed by atoms with Crippen LogP contribution in [0.1, 0.15) is 51.9 Å². The third kappa shape index (κ3) is 9.82. The van der Waals surface area contributed by atoms with Gasteiger partial charge in [-0.3, -0.25) is 0 Å². The van der Waals surface area contributed by atoms with E-state index in [9.17, 15) is 13.0 Å². The zero-order chi connectivity index (χ0) is 15.6. The standard InChI is InChI=1S/C15H24O5S.Na/c1-2-3-4-5-6-7-8-13-19-20-14-9-11-15(12-10-14)21(16,17)18;/h9-12H,2-8,13H2,1H3,(H,16,17,18);/q;+1/p-1. The van der Waals surface area contributed by atoms with Crippen molar-refractivity contribution in [3.63, 3.8) is 0 Å². The van der Waals surface area contributed by atoms with Crippen LogP contribution in [0.15, 0.2) is 29.2 Å². The SMILES string of the molecule is CCCCCCCCCOOc1ccc(S(=O)(=O)[O-])cc1.[Na+]. The molecule has 7 heteroatoms. The van der Waals surface area contributed by atoms with Gasteiger partial charge in [0.2, 0.25) is 0 Å². The molecule has 0 radical (unpaired) electrons. The van der Waals surface area contributed by atoms with Crippen LogP contribution in [0, 0.1) is 0 Å². The third-order valence-corrected chi connectivity index (χ3v) is 3.95. The van der Waals surface area contributed by atoms with Crippen LogP contribution in [0.2, 0.25) is 0 Å². The largest absolute Gasteiger partial charge is 1.00 e. The van der Waals surface area contributed by atoms with Crippen molar-refractivity contribution in [2.45, 2.75) is 56.8 Å². The first-order chi connectivity index (χ1) is 10.0. The summed E-state index contributed by atoms with van der Waals surface area (Å²) in [6.07, 6.45) is 8.36. The molecule has 1 rings (SSSR count). The van der Waals surface area contributed by atoms with Gasteiger partial charge in [0.05, 0.1) is 11.5 Å². The van der Waals surface area contributed by atoms with Gasteiger partial charge in [-0.1, -0.05) is 45.4 Å². The Morgan fingerprint density at radius 2 is 1.50 bits per heavy atom. The molecule has 0 unspecified atom stereocenters.